The molecule has 5 heteroatoms. The van der Waals surface area contributed by atoms with Crippen LogP contribution in [0.4, 0.5) is 0 Å². The Morgan fingerprint density at radius 3 is 2.89 bits per heavy atom. The van der Waals surface area contributed by atoms with Crippen molar-refractivity contribution in [1.82, 2.24) is 10.1 Å². The molecule has 1 aromatic carbocycles. The van der Waals surface area contributed by atoms with Crippen LogP contribution in [-0.2, 0) is 11.2 Å². The summed E-state index contributed by atoms with van der Waals surface area (Å²) in [6, 6.07) is 7.37. The number of methoxy groups -OCH3 is 1. The number of hydrogen-bond donors (Lipinski definition) is 0. The predicted octanol–water partition coefficient (Wildman–Crippen LogP) is 2.51. The molecule has 0 atom stereocenters. The van der Waals surface area contributed by atoms with Gasteiger partial charge < -0.3 is 9.26 Å². The molecule has 2 rings (SSSR count). The SMILES string of the molecule is COc1cccc(-c2noc(CC(=O)C(C)C)n2)c1. The molecule has 0 amide bonds. The molecule has 0 fully saturated rings. The first-order valence-electron chi connectivity index (χ1n) is 6.10. The van der Waals surface area contributed by atoms with Gasteiger partial charge in [-0.25, -0.2) is 0 Å². The van der Waals surface area contributed by atoms with E-state index in [0.29, 0.717) is 11.7 Å². The van der Waals surface area contributed by atoms with Crippen LogP contribution in [0.5, 0.6) is 5.75 Å². The highest BCUT2D eigenvalue weighted by Crippen LogP contribution is 2.21. The maximum Gasteiger partial charge on any atom is 0.234 e. The third-order valence-corrected chi connectivity index (χ3v) is 2.77. The van der Waals surface area contributed by atoms with E-state index in [1.807, 2.05) is 38.1 Å². The van der Waals surface area contributed by atoms with E-state index in [-0.39, 0.29) is 18.1 Å². The maximum atomic E-state index is 11.6. The second-order valence-electron chi connectivity index (χ2n) is 4.54. The van der Waals surface area contributed by atoms with Crippen LogP contribution in [0.1, 0.15) is 19.7 Å². The van der Waals surface area contributed by atoms with E-state index in [0.717, 1.165) is 11.3 Å². The molecule has 5 nitrogen and oxygen atoms in total. The lowest BCUT2D eigenvalue weighted by molar-refractivity contribution is -0.121. The zero-order valence-electron chi connectivity index (χ0n) is 11.2. The summed E-state index contributed by atoms with van der Waals surface area (Å²) in [5.41, 5.74) is 0.798. The molecule has 1 aromatic heterocycles. The summed E-state index contributed by atoms with van der Waals surface area (Å²) in [6.45, 7) is 3.70. The molecule has 1 heterocycles. The van der Waals surface area contributed by atoms with Crippen molar-refractivity contribution < 1.29 is 14.1 Å². The van der Waals surface area contributed by atoms with Crippen molar-refractivity contribution in [2.24, 2.45) is 5.92 Å². The minimum absolute atomic E-state index is 0.0350. The van der Waals surface area contributed by atoms with Crippen LogP contribution < -0.4 is 4.74 Å². The van der Waals surface area contributed by atoms with Crippen LogP contribution in [-0.4, -0.2) is 23.0 Å². The molecule has 19 heavy (non-hydrogen) atoms. The lowest BCUT2D eigenvalue weighted by Crippen LogP contribution is -2.10. The molecule has 0 radical (unpaired) electrons. The molecule has 100 valence electrons. The van der Waals surface area contributed by atoms with Gasteiger partial charge in [0.1, 0.15) is 11.5 Å². The molecule has 0 N–H and O–H groups in total. The van der Waals surface area contributed by atoms with Gasteiger partial charge in [-0.2, -0.15) is 4.98 Å². The van der Waals surface area contributed by atoms with Crippen LogP contribution >= 0.6 is 0 Å². The van der Waals surface area contributed by atoms with Crippen molar-refractivity contribution >= 4 is 5.78 Å². The lowest BCUT2D eigenvalue weighted by atomic mass is 10.1. The minimum Gasteiger partial charge on any atom is -0.497 e. The summed E-state index contributed by atoms with van der Waals surface area (Å²) in [4.78, 5) is 15.8. The van der Waals surface area contributed by atoms with E-state index >= 15 is 0 Å². The van der Waals surface area contributed by atoms with Crippen molar-refractivity contribution in [3.05, 3.63) is 30.2 Å². The highest BCUT2D eigenvalue weighted by Gasteiger charge is 2.15. The number of nitrogens with zero attached hydrogens (tertiary/aromatic N) is 2. The Bertz CT molecular complexity index is 576. The fourth-order valence-corrected chi connectivity index (χ4v) is 1.56. The summed E-state index contributed by atoms with van der Waals surface area (Å²) in [6.07, 6.45) is 0.175. The summed E-state index contributed by atoms with van der Waals surface area (Å²) in [5, 5.41) is 3.88. The van der Waals surface area contributed by atoms with Crippen LogP contribution in [0.2, 0.25) is 0 Å². The number of hydrogen-bond acceptors (Lipinski definition) is 5. The first-order chi connectivity index (χ1) is 9.10. The highest BCUT2D eigenvalue weighted by atomic mass is 16.5. The van der Waals surface area contributed by atoms with E-state index < -0.39 is 0 Å². The number of carbonyl (C=O) groups is 1. The Morgan fingerprint density at radius 2 is 2.21 bits per heavy atom. The van der Waals surface area contributed by atoms with Crippen LogP contribution in [0.25, 0.3) is 11.4 Å². The predicted molar refractivity (Wildman–Crippen MR) is 69.8 cm³/mol. The quantitative estimate of drug-likeness (QED) is 0.826. The summed E-state index contributed by atoms with van der Waals surface area (Å²) < 4.78 is 10.2. The minimum atomic E-state index is -0.0350. The Morgan fingerprint density at radius 1 is 1.42 bits per heavy atom. The molecule has 0 aliphatic carbocycles. The molecule has 0 unspecified atom stereocenters. The third kappa shape index (κ3) is 3.19. The average Bonchev–Trinajstić information content (AvgIpc) is 2.87. The van der Waals surface area contributed by atoms with Gasteiger partial charge in [-0.1, -0.05) is 31.1 Å². The van der Waals surface area contributed by atoms with Crippen LogP contribution in [0.3, 0.4) is 0 Å². The Labute approximate surface area is 111 Å². The zero-order valence-corrected chi connectivity index (χ0v) is 11.2. The summed E-state index contributed by atoms with van der Waals surface area (Å²) in [7, 11) is 1.60. The second-order valence-corrected chi connectivity index (χ2v) is 4.54. The van der Waals surface area contributed by atoms with Crippen molar-refractivity contribution in [3.63, 3.8) is 0 Å². The van der Waals surface area contributed by atoms with Crippen molar-refractivity contribution in [3.8, 4) is 17.1 Å². The van der Waals surface area contributed by atoms with Gasteiger partial charge in [-0.3, -0.25) is 4.79 Å². The van der Waals surface area contributed by atoms with E-state index in [2.05, 4.69) is 10.1 Å². The largest absolute Gasteiger partial charge is 0.497 e. The number of benzene rings is 1. The van der Waals surface area contributed by atoms with Gasteiger partial charge in [0.25, 0.3) is 0 Å². The van der Waals surface area contributed by atoms with Gasteiger partial charge in [0.15, 0.2) is 0 Å². The highest BCUT2D eigenvalue weighted by molar-refractivity contribution is 5.81. The molecule has 0 aliphatic rings. The fraction of sp³-hybridized carbons (Fsp3) is 0.357. The first-order valence-corrected chi connectivity index (χ1v) is 6.10. The molecule has 0 saturated carbocycles. The Kier molecular flexibility index (Phi) is 3.94. The van der Waals surface area contributed by atoms with E-state index in [4.69, 9.17) is 9.26 Å². The lowest BCUT2D eigenvalue weighted by Gasteiger charge is -2.00. The van der Waals surface area contributed by atoms with Gasteiger partial charge in [-0.05, 0) is 12.1 Å². The number of ketones is 1. The fourth-order valence-electron chi connectivity index (χ4n) is 1.56. The molecule has 0 aliphatic heterocycles. The Balaban J connectivity index is 2.18. The van der Waals surface area contributed by atoms with Gasteiger partial charge in [-0.15, -0.1) is 0 Å². The number of aromatic nitrogens is 2. The second kappa shape index (κ2) is 5.65. The Hall–Kier alpha value is -2.17. The maximum absolute atomic E-state index is 11.6. The molecular formula is C14H16N2O3. The first kappa shape index (κ1) is 13.3. The van der Waals surface area contributed by atoms with Gasteiger partial charge in [0.2, 0.25) is 11.7 Å². The number of rotatable bonds is 5. The van der Waals surface area contributed by atoms with E-state index in [1.165, 1.54) is 0 Å². The summed E-state index contributed by atoms with van der Waals surface area (Å²) >= 11 is 0. The monoisotopic (exact) mass is 260 g/mol. The van der Waals surface area contributed by atoms with Gasteiger partial charge in [0, 0.05) is 11.5 Å². The number of Topliss-reactive ketones (excluding diaryl/α,β-unsaturated/α-hetero) is 1. The molecule has 0 saturated heterocycles. The van der Waals surface area contributed by atoms with E-state index in [9.17, 15) is 4.79 Å². The third-order valence-electron chi connectivity index (χ3n) is 2.77. The van der Waals surface area contributed by atoms with Crippen LogP contribution in [0, 0.1) is 5.92 Å². The van der Waals surface area contributed by atoms with Crippen LogP contribution in [0.15, 0.2) is 28.8 Å². The number of carbonyl (C=O) groups excluding carboxylic acids is 1. The topological polar surface area (TPSA) is 65.2 Å². The summed E-state index contributed by atoms with van der Waals surface area (Å²) in [5.74, 6) is 1.58. The molecule has 0 bridgehead atoms. The molecule has 2 aromatic rings. The van der Waals surface area contributed by atoms with Crippen molar-refractivity contribution in [2.75, 3.05) is 7.11 Å². The molecule has 0 spiro atoms. The van der Waals surface area contributed by atoms with E-state index in [1.54, 1.807) is 7.11 Å². The normalized spacial score (nSPS) is 10.7. The smallest absolute Gasteiger partial charge is 0.234 e. The van der Waals surface area contributed by atoms with Crippen molar-refractivity contribution in [2.45, 2.75) is 20.3 Å². The zero-order chi connectivity index (χ0) is 13.8. The van der Waals surface area contributed by atoms with Gasteiger partial charge in [0.05, 0.1) is 13.5 Å². The number of ether oxygens (including phenoxy) is 1. The average molecular weight is 260 g/mol. The standard InChI is InChI=1S/C14H16N2O3/c1-9(2)12(17)8-13-15-14(16-19-13)10-5-4-6-11(7-10)18-3/h4-7,9H,8H2,1-3H3. The molecular weight excluding hydrogens is 244 g/mol. The van der Waals surface area contributed by atoms with Gasteiger partial charge >= 0.3 is 0 Å². The van der Waals surface area contributed by atoms with Crippen molar-refractivity contribution in [1.29, 1.82) is 0 Å².